The van der Waals surface area contributed by atoms with Crippen LogP contribution in [0.25, 0.3) is 10.9 Å². The standard InChI is InChI=1S/C22H24N2O3/c1-4-14(2)16-9-5-8-12-20(16)24-21(25)15(3)27-22(26)18-13-23-19-11-7-6-10-17(18)19/h5-15,23H,4H2,1-3H3,(H,24,25). The van der Waals surface area contributed by atoms with E-state index in [1.807, 2.05) is 48.5 Å². The highest BCUT2D eigenvalue weighted by Crippen LogP contribution is 2.27. The number of aromatic nitrogens is 1. The van der Waals surface area contributed by atoms with E-state index in [2.05, 4.69) is 24.1 Å². The number of carbonyl (C=O) groups is 2. The summed E-state index contributed by atoms with van der Waals surface area (Å²) in [5.74, 6) is -0.546. The molecule has 3 aromatic rings. The van der Waals surface area contributed by atoms with Crippen LogP contribution in [-0.2, 0) is 9.53 Å². The SMILES string of the molecule is CCC(C)c1ccccc1NC(=O)C(C)OC(=O)c1c[nH]c2ccccc12. The van der Waals surface area contributed by atoms with E-state index in [0.717, 1.165) is 28.6 Å². The lowest BCUT2D eigenvalue weighted by Gasteiger charge is -2.18. The second kappa shape index (κ2) is 8.08. The first-order chi connectivity index (χ1) is 13.0. The van der Waals surface area contributed by atoms with Gasteiger partial charge >= 0.3 is 5.97 Å². The van der Waals surface area contributed by atoms with E-state index < -0.39 is 12.1 Å². The molecule has 0 aliphatic rings. The van der Waals surface area contributed by atoms with E-state index in [4.69, 9.17) is 4.74 Å². The summed E-state index contributed by atoms with van der Waals surface area (Å²) in [4.78, 5) is 28.1. The number of rotatable bonds is 6. The number of carbonyl (C=O) groups excluding carboxylic acids is 2. The molecule has 1 aromatic heterocycles. The molecule has 3 rings (SSSR count). The van der Waals surface area contributed by atoms with Crippen LogP contribution in [0.1, 0.15) is 49.0 Å². The zero-order chi connectivity index (χ0) is 19.4. The van der Waals surface area contributed by atoms with E-state index in [1.54, 1.807) is 13.1 Å². The van der Waals surface area contributed by atoms with E-state index in [0.29, 0.717) is 11.5 Å². The molecule has 5 nitrogen and oxygen atoms in total. The number of hydrogen-bond acceptors (Lipinski definition) is 3. The number of anilines is 1. The molecule has 27 heavy (non-hydrogen) atoms. The molecule has 0 bridgehead atoms. The number of ether oxygens (including phenoxy) is 1. The highest BCUT2D eigenvalue weighted by atomic mass is 16.5. The maximum absolute atomic E-state index is 12.5. The van der Waals surface area contributed by atoms with Crippen LogP contribution in [0.4, 0.5) is 5.69 Å². The van der Waals surface area contributed by atoms with Gasteiger partial charge in [0.15, 0.2) is 6.10 Å². The number of amides is 1. The Morgan fingerprint density at radius 3 is 2.56 bits per heavy atom. The van der Waals surface area contributed by atoms with Crippen LogP contribution in [-0.4, -0.2) is 23.0 Å². The minimum absolute atomic E-state index is 0.325. The molecule has 1 heterocycles. The highest BCUT2D eigenvalue weighted by molar-refractivity contribution is 6.05. The molecular formula is C22H24N2O3. The number of aromatic amines is 1. The molecule has 5 heteroatoms. The van der Waals surface area contributed by atoms with Crippen molar-refractivity contribution in [3.05, 3.63) is 65.9 Å². The van der Waals surface area contributed by atoms with Crippen molar-refractivity contribution >= 4 is 28.5 Å². The van der Waals surface area contributed by atoms with Crippen molar-refractivity contribution in [2.75, 3.05) is 5.32 Å². The first kappa shape index (κ1) is 18.7. The number of para-hydroxylation sites is 2. The average Bonchev–Trinajstić information content (AvgIpc) is 3.12. The lowest BCUT2D eigenvalue weighted by Crippen LogP contribution is -2.30. The summed E-state index contributed by atoms with van der Waals surface area (Å²) < 4.78 is 5.39. The first-order valence-electron chi connectivity index (χ1n) is 9.18. The molecule has 0 saturated carbocycles. The molecule has 0 radical (unpaired) electrons. The fourth-order valence-electron chi connectivity index (χ4n) is 3.01. The second-order valence-corrected chi connectivity index (χ2v) is 6.68. The molecule has 0 saturated heterocycles. The largest absolute Gasteiger partial charge is 0.449 e. The topological polar surface area (TPSA) is 71.2 Å². The molecule has 2 atom stereocenters. The van der Waals surface area contributed by atoms with Gasteiger partial charge in [0, 0.05) is 22.8 Å². The maximum atomic E-state index is 12.5. The minimum atomic E-state index is -0.906. The molecular weight excluding hydrogens is 340 g/mol. The van der Waals surface area contributed by atoms with Crippen molar-refractivity contribution in [3.63, 3.8) is 0 Å². The third-order valence-corrected chi connectivity index (χ3v) is 4.82. The second-order valence-electron chi connectivity index (χ2n) is 6.68. The van der Waals surface area contributed by atoms with E-state index in [1.165, 1.54) is 0 Å². The Labute approximate surface area is 158 Å². The number of fused-ring (bicyclic) bond motifs is 1. The van der Waals surface area contributed by atoms with Crippen LogP contribution >= 0.6 is 0 Å². The van der Waals surface area contributed by atoms with Crippen LogP contribution in [0, 0.1) is 0 Å². The minimum Gasteiger partial charge on any atom is -0.449 e. The fraction of sp³-hybridized carbons (Fsp3) is 0.273. The normalized spacial score (nSPS) is 13.1. The Morgan fingerprint density at radius 1 is 1.07 bits per heavy atom. The number of H-pyrrole nitrogens is 1. The summed E-state index contributed by atoms with van der Waals surface area (Å²) in [5.41, 5.74) is 3.10. The van der Waals surface area contributed by atoms with Crippen molar-refractivity contribution in [2.45, 2.75) is 39.2 Å². The van der Waals surface area contributed by atoms with Crippen molar-refractivity contribution < 1.29 is 14.3 Å². The summed E-state index contributed by atoms with van der Waals surface area (Å²) in [6, 6.07) is 15.2. The zero-order valence-electron chi connectivity index (χ0n) is 15.8. The van der Waals surface area contributed by atoms with Gasteiger partial charge in [0.05, 0.1) is 5.56 Å². The van der Waals surface area contributed by atoms with E-state index in [-0.39, 0.29) is 5.91 Å². The van der Waals surface area contributed by atoms with Gasteiger partial charge in [-0.05, 0) is 37.0 Å². The molecule has 2 aromatic carbocycles. The predicted molar refractivity (Wildman–Crippen MR) is 107 cm³/mol. The zero-order valence-corrected chi connectivity index (χ0v) is 15.8. The van der Waals surface area contributed by atoms with Crippen molar-refractivity contribution in [2.24, 2.45) is 0 Å². The Morgan fingerprint density at radius 2 is 1.78 bits per heavy atom. The van der Waals surface area contributed by atoms with Gasteiger partial charge in [-0.2, -0.15) is 0 Å². The third kappa shape index (κ3) is 4.03. The summed E-state index contributed by atoms with van der Waals surface area (Å²) in [7, 11) is 0. The van der Waals surface area contributed by atoms with Crippen molar-refractivity contribution in [1.82, 2.24) is 4.98 Å². The van der Waals surface area contributed by atoms with Gasteiger partial charge in [-0.25, -0.2) is 4.79 Å². The molecule has 0 aliphatic carbocycles. The van der Waals surface area contributed by atoms with Crippen molar-refractivity contribution in [1.29, 1.82) is 0 Å². The molecule has 0 aliphatic heterocycles. The molecule has 1 amide bonds. The third-order valence-electron chi connectivity index (χ3n) is 4.82. The van der Waals surface area contributed by atoms with Gasteiger partial charge in [-0.1, -0.05) is 50.2 Å². The van der Waals surface area contributed by atoms with Crippen molar-refractivity contribution in [3.8, 4) is 0 Å². The Hall–Kier alpha value is -3.08. The van der Waals surface area contributed by atoms with Crippen LogP contribution in [0.5, 0.6) is 0 Å². The van der Waals surface area contributed by atoms with Gasteiger partial charge in [-0.3, -0.25) is 4.79 Å². The lowest BCUT2D eigenvalue weighted by atomic mass is 9.97. The van der Waals surface area contributed by atoms with Gasteiger partial charge < -0.3 is 15.0 Å². The molecule has 140 valence electrons. The van der Waals surface area contributed by atoms with Crippen LogP contribution in [0.2, 0.25) is 0 Å². The first-order valence-corrected chi connectivity index (χ1v) is 9.18. The van der Waals surface area contributed by atoms with E-state index >= 15 is 0 Å². The molecule has 0 fully saturated rings. The predicted octanol–water partition coefficient (Wildman–Crippen LogP) is 4.87. The smallest absolute Gasteiger partial charge is 0.341 e. The fourth-order valence-corrected chi connectivity index (χ4v) is 3.01. The summed E-state index contributed by atoms with van der Waals surface area (Å²) >= 11 is 0. The molecule has 0 spiro atoms. The Balaban J connectivity index is 1.70. The lowest BCUT2D eigenvalue weighted by molar-refractivity contribution is -0.123. The Bertz CT molecular complexity index is 961. The van der Waals surface area contributed by atoms with Gasteiger partial charge in [0.2, 0.25) is 0 Å². The van der Waals surface area contributed by atoms with Crippen LogP contribution in [0.3, 0.4) is 0 Å². The van der Waals surface area contributed by atoms with Crippen LogP contribution < -0.4 is 5.32 Å². The van der Waals surface area contributed by atoms with Crippen LogP contribution in [0.15, 0.2) is 54.7 Å². The van der Waals surface area contributed by atoms with Gasteiger partial charge in [-0.15, -0.1) is 0 Å². The number of esters is 1. The van der Waals surface area contributed by atoms with E-state index in [9.17, 15) is 9.59 Å². The average molecular weight is 364 g/mol. The summed E-state index contributed by atoms with van der Waals surface area (Å²) in [5, 5.41) is 3.66. The monoisotopic (exact) mass is 364 g/mol. The number of benzene rings is 2. The molecule has 2 N–H and O–H groups in total. The quantitative estimate of drug-likeness (QED) is 0.613. The number of nitrogens with one attached hydrogen (secondary N) is 2. The van der Waals surface area contributed by atoms with Gasteiger partial charge in [0.1, 0.15) is 0 Å². The Kier molecular flexibility index (Phi) is 5.60. The summed E-state index contributed by atoms with van der Waals surface area (Å²) in [6.07, 6.45) is 1.67. The maximum Gasteiger partial charge on any atom is 0.341 e. The highest BCUT2D eigenvalue weighted by Gasteiger charge is 2.22. The van der Waals surface area contributed by atoms with Gasteiger partial charge in [0.25, 0.3) is 5.91 Å². The summed E-state index contributed by atoms with van der Waals surface area (Å²) in [6.45, 7) is 5.80. The number of hydrogen-bond donors (Lipinski definition) is 2. The molecule has 2 unspecified atom stereocenters.